The van der Waals surface area contributed by atoms with Gasteiger partial charge in [-0.1, -0.05) is 36.9 Å². The maximum atomic E-state index is 10.3. The van der Waals surface area contributed by atoms with Crippen LogP contribution in [0.1, 0.15) is 32.1 Å². The van der Waals surface area contributed by atoms with Crippen molar-refractivity contribution in [1.82, 2.24) is 4.90 Å². The van der Waals surface area contributed by atoms with Crippen LogP contribution in [0.25, 0.3) is 0 Å². The molecule has 0 amide bonds. The standard InChI is InChI=1S/C17H25ClN2O/c18-14-5-4-6-15(13-14)19-9-11-20(12-10-19)16-7-2-1-3-8-17(16)21/h4-6,13,16-17,21H,1-3,7-12H2. The molecule has 3 rings (SSSR count). The molecule has 1 N–H and O–H groups in total. The molecule has 0 spiro atoms. The minimum Gasteiger partial charge on any atom is -0.391 e. The summed E-state index contributed by atoms with van der Waals surface area (Å²) in [6.45, 7) is 4.11. The molecule has 0 radical (unpaired) electrons. The SMILES string of the molecule is OC1CCCCCC1N1CCN(c2cccc(Cl)c2)CC1. The maximum Gasteiger partial charge on any atom is 0.0695 e. The topological polar surface area (TPSA) is 26.7 Å². The van der Waals surface area contributed by atoms with Crippen molar-refractivity contribution in [3.05, 3.63) is 29.3 Å². The van der Waals surface area contributed by atoms with Crippen LogP contribution in [-0.2, 0) is 0 Å². The number of hydrogen-bond donors (Lipinski definition) is 1. The average molecular weight is 309 g/mol. The third-order valence-corrected chi connectivity index (χ3v) is 5.14. The van der Waals surface area contributed by atoms with E-state index in [2.05, 4.69) is 15.9 Å². The van der Waals surface area contributed by atoms with Crippen LogP contribution >= 0.6 is 11.6 Å². The second kappa shape index (κ2) is 6.99. The van der Waals surface area contributed by atoms with Crippen LogP contribution in [0, 0.1) is 0 Å². The molecule has 1 saturated heterocycles. The lowest BCUT2D eigenvalue weighted by Crippen LogP contribution is -2.53. The Hall–Kier alpha value is -0.770. The number of aliphatic hydroxyl groups excluding tert-OH is 1. The molecule has 3 nitrogen and oxygen atoms in total. The van der Waals surface area contributed by atoms with Crippen molar-refractivity contribution in [1.29, 1.82) is 0 Å². The fourth-order valence-corrected chi connectivity index (χ4v) is 3.86. The Balaban J connectivity index is 1.59. The molecule has 1 aliphatic carbocycles. The number of piperazine rings is 1. The van der Waals surface area contributed by atoms with Gasteiger partial charge in [0.25, 0.3) is 0 Å². The van der Waals surface area contributed by atoms with Gasteiger partial charge in [0.1, 0.15) is 0 Å². The third-order valence-electron chi connectivity index (χ3n) is 4.90. The zero-order valence-corrected chi connectivity index (χ0v) is 13.3. The van der Waals surface area contributed by atoms with E-state index in [1.165, 1.54) is 24.9 Å². The monoisotopic (exact) mass is 308 g/mol. The van der Waals surface area contributed by atoms with Gasteiger partial charge in [-0.15, -0.1) is 0 Å². The van der Waals surface area contributed by atoms with E-state index in [1.54, 1.807) is 0 Å². The first-order chi connectivity index (χ1) is 10.2. The molecule has 116 valence electrons. The molecule has 2 aliphatic rings. The van der Waals surface area contributed by atoms with Crippen molar-refractivity contribution in [3.63, 3.8) is 0 Å². The molecule has 1 heterocycles. The Morgan fingerprint density at radius 3 is 2.52 bits per heavy atom. The van der Waals surface area contributed by atoms with E-state index in [0.29, 0.717) is 6.04 Å². The molecule has 2 unspecified atom stereocenters. The number of nitrogens with zero attached hydrogens (tertiary/aromatic N) is 2. The highest BCUT2D eigenvalue weighted by molar-refractivity contribution is 6.30. The second-order valence-corrected chi connectivity index (χ2v) is 6.71. The molecule has 2 atom stereocenters. The zero-order valence-electron chi connectivity index (χ0n) is 12.5. The summed E-state index contributed by atoms with van der Waals surface area (Å²) in [5.74, 6) is 0. The lowest BCUT2D eigenvalue weighted by molar-refractivity contribution is 0.0410. The minimum atomic E-state index is -0.134. The van der Waals surface area contributed by atoms with Crippen LogP contribution in [-0.4, -0.2) is 48.3 Å². The number of aliphatic hydroxyl groups is 1. The minimum absolute atomic E-state index is 0.134. The van der Waals surface area contributed by atoms with Gasteiger partial charge in [-0.05, 0) is 31.0 Å². The van der Waals surface area contributed by atoms with Crippen LogP contribution in [0.15, 0.2) is 24.3 Å². The molecule has 1 aromatic rings. The van der Waals surface area contributed by atoms with E-state index in [1.807, 2.05) is 18.2 Å². The van der Waals surface area contributed by atoms with Crippen LogP contribution in [0.3, 0.4) is 0 Å². The normalized spacial score (nSPS) is 28.4. The highest BCUT2D eigenvalue weighted by Crippen LogP contribution is 2.25. The predicted octanol–water partition coefficient (Wildman–Crippen LogP) is 3.16. The molecule has 0 aromatic heterocycles. The van der Waals surface area contributed by atoms with E-state index < -0.39 is 0 Å². The number of rotatable bonds is 2. The summed E-state index contributed by atoms with van der Waals surface area (Å²) in [6.07, 6.45) is 5.70. The maximum absolute atomic E-state index is 10.3. The first-order valence-electron chi connectivity index (χ1n) is 8.17. The summed E-state index contributed by atoms with van der Waals surface area (Å²) < 4.78 is 0. The molecule has 2 fully saturated rings. The van der Waals surface area contributed by atoms with E-state index in [4.69, 9.17) is 11.6 Å². The van der Waals surface area contributed by atoms with Gasteiger partial charge in [0.15, 0.2) is 0 Å². The van der Waals surface area contributed by atoms with Crippen LogP contribution in [0.4, 0.5) is 5.69 Å². The summed E-state index contributed by atoms with van der Waals surface area (Å²) in [7, 11) is 0. The highest BCUT2D eigenvalue weighted by Gasteiger charge is 2.29. The van der Waals surface area contributed by atoms with Gasteiger partial charge in [0.2, 0.25) is 0 Å². The largest absolute Gasteiger partial charge is 0.391 e. The van der Waals surface area contributed by atoms with Gasteiger partial charge in [-0.3, -0.25) is 4.90 Å². The number of benzene rings is 1. The fraction of sp³-hybridized carbons (Fsp3) is 0.647. The summed E-state index contributed by atoms with van der Waals surface area (Å²) in [5.41, 5.74) is 1.21. The molecule has 1 saturated carbocycles. The summed E-state index contributed by atoms with van der Waals surface area (Å²) >= 11 is 6.08. The highest BCUT2D eigenvalue weighted by atomic mass is 35.5. The van der Waals surface area contributed by atoms with E-state index in [9.17, 15) is 5.11 Å². The second-order valence-electron chi connectivity index (χ2n) is 6.28. The van der Waals surface area contributed by atoms with Gasteiger partial charge in [0.05, 0.1) is 6.10 Å². The van der Waals surface area contributed by atoms with Crippen LogP contribution in [0.5, 0.6) is 0 Å². The Kier molecular flexibility index (Phi) is 5.04. The van der Waals surface area contributed by atoms with Gasteiger partial charge in [-0.2, -0.15) is 0 Å². The van der Waals surface area contributed by atoms with E-state index >= 15 is 0 Å². The van der Waals surface area contributed by atoms with E-state index in [0.717, 1.165) is 44.0 Å². The molecular formula is C17H25ClN2O. The third kappa shape index (κ3) is 3.71. The lowest BCUT2D eigenvalue weighted by atomic mass is 10.0. The molecule has 21 heavy (non-hydrogen) atoms. The van der Waals surface area contributed by atoms with Crippen molar-refractivity contribution in [2.45, 2.75) is 44.2 Å². The molecular weight excluding hydrogens is 284 g/mol. The first kappa shape index (κ1) is 15.1. The van der Waals surface area contributed by atoms with Crippen LogP contribution in [0.2, 0.25) is 5.02 Å². The summed E-state index contributed by atoms with van der Waals surface area (Å²) in [5, 5.41) is 11.1. The Morgan fingerprint density at radius 1 is 1.00 bits per heavy atom. The molecule has 0 bridgehead atoms. The zero-order chi connectivity index (χ0) is 14.7. The van der Waals surface area contributed by atoms with Gasteiger partial charge >= 0.3 is 0 Å². The Morgan fingerprint density at radius 2 is 1.76 bits per heavy atom. The van der Waals surface area contributed by atoms with Gasteiger partial charge < -0.3 is 10.0 Å². The molecule has 4 heteroatoms. The lowest BCUT2D eigenvalue weighted by Gasteiger charge is -2.41. The summed E-state index contributed by atoms with van der Waals surface area (Å²) in [4.78, 5) is 4.89. The number of anilines is 1. The van der Waals surface area contributed by atoms with Gasteiger partial charge in [0, 0.05) is 42.9 Å². The van der Waals surface area contributed by atoms with Crippen molar-refractivity contribution in [2.24, 2.45) is 0 Å². The number of halogens is 1. The van der Waals surface area contributed by atoms with Gasteiger partial charge in [-0.25, -0.2) is 0 Å². The van der Waals surface area contributed by atoms with Crippen molar-refractivity contribution < 1.29 is 5.11 Å². The Labute approximate surface area is 132 Å². The van der Waals surface area contributed by atoms with Crippen LogP contribution < -0.4 is 4.90 Å². The van der Waals surface area contributed by atoms with Crippen molar-refractivity contribution in [2.75, 3.05) is 31.1 Å². The quantitative estimate of drug-likeness (QED) is 0.850. The smallest absolute Gasteiger partial charge is 0.0695 e. The summed E-state index contributed by atoms with van der Waals surface area (Å²) in [6, 6.07) is 8.47. The van der Waals surface area contributed by atoms with Crippen molar-refractivity contribution in [3.8, 4) is 0 Å². The Bertz CT molecular complexity index is 460. The van der Waals surface area contributed by atoms with E-state index in [-0.39, 0.29) is 6.10 Å². The first-order valence-corrected chi connectivity index (χ1v) is 8.54. The fourth-order valence-electron chi connectivity index (χ4n) is 3.68. The molecule has 1 aromatic carbocycles. The molecule has 1 aliphatic heterocycles. The van der Waals surface area contributed by atoms with Crippen molar-refractivity contribution >= 4 is 17.3 Å². The average Bonchev–Trinajstić information content (AvgIpc) is 2.72. The number of hydrogen-bond acceptors (Lipinski definition) is 3. The predicted molar refractivity (Wildman–Crippen MR) is 88.1 cm³/mol.